The van der Waals surface area contributed by atoms with Crippen molar-refractivity contribution in [1.29, 1.82) is 0 Å². The number of pyridine rings is 1. The molecule has 0 saturated heterocycles. The van der Waals surface area contributed by atoms with Crippen LogP contribution in [0, 0.1) is 6.85 Å². The molecule has 0 fully saturated rings. The minimum absolute atomic E-state index is 0.0168. The zero-order valence-corrected chi connectivity index (χ0v) is 32.0. The van der Waals surface area contributed by atoms with Gasteiger partial charge in [0.25, 0.3) is 0 Å². The van der Waals surface area contributed by atoms with Gasteiger partial charge in [0.2, 0.25) is 0 Å². The maximum atomic E-state index is 9.09. The number of aromatic nitrogens is 2. The van der Waals surface area contributed by atoms with E-state index in [1.807, 2.05) is 72.8 Å². The Balaban J connectivity index is 1.09. The zero-order chi connectivity index (χ0) is 49.7. The van der Waals surface area contributed by atoms with E-state index in [9.17, 15) is 0 Å². The Labute approximate surface area is 356 Å². The summed E-state index contributed by atoms with van der Waals surface area (Å²) in [5, 5.41) is 0.748. The van der Waals surface area contributed by atoms with Gasteiger partial charge < -0.3 is 14.5 Å². The van der Waals surface area contributed by atoms with Crippen molar-refractivity contribution in [3.05, 3.63) is 193 Å². The molecule has 7 aromatic carbocycles. The van der Waals surface area contributed by atoms with Crippen molar-refractivity contribution in [3.63, 3.8) is 0 Å². The van der Waals surface area contributed by atoms with Crippen LogP contribution < -0.4 is 14.5 Å². The van der Waals surface area contributed by atoms with Gasteiger partial charge in [-0.05, 0) is 89.1 Å². The van der Waals surface area contributed by atoms with Gasteiger partial charge in [0.15, 0.2) is 0 Å². The van der Waals surface area contributed by atoms with E-state index in [1.165, 1.54) is 18.3 Å². The van der Waals surface area contributed by atoms with Crippen LogP contribution in [0.5, 0.6) is 11.5 Å². The summed E-state index contributed by atoms with van der Waals surface area (Å²) in [7, 11) is 0. The van der Waals surface area contributed by atoms with E-state index in [-0.39, 0.29) is 64.1 Å². The third kappa shape index (κ3) is 6.25. The molecule has 0 atom stereocenters. The highest BCUT2D eigenvalue weighted by Crippen LogP contribution is 2.50. The summed E-state index contributed by atoms with van der Waals surface area (Å²) in [5.41, 5.74) is 6.90. The van der Waals surface area contributed by atoms with Crippen LogP contribution in [0.15, 0.2) is 182 Å². The lowest BCUT2D eigenvalue weighted by molar-refractivity contribution is 0.483. The molecule has 3 heterocycles. The summed E-state index contributed by atoms with van der Waals surface area (Å²) in [4.78, 5) is 8.71. The third-order valence-corrected chi connectivity index (χ3v) is 10.6. The van der Waals surface area contributed by atoms with Crippen LogP contribution in [0.3, 0.4) is 0 Å². The predicted octanol–water partition coefficient (Wildman–Crippen LogP) is 14.2. The molecule has 0 radical (unpaired) electrons. The fourth-order valence-corrected chi connectivity index (χ4v) is 7.82. The number of hydrogen-bond acceptors (Lipinski definition) is 4. The first-order valence-electron chi connectivity index (χ1n) is 25.0. The van der Waals surface area contributed by atoms with Gasteiger partial charge in [0, 0.05) is 50.0 Å². The van der Waals surface area contributed by atoms with Crippen LogP contribution in [-0.4, -0.2) is 16.2 Å². The zero-order valence-electron chi connectivity index (χ0n) is 44.0. The summed E-state index contributed by atoms with van der Waals surface area (Å²) >= 11 is 0. The number of aryl methyl sites for hydroxylation is 1. The number of nitrogens with zero attached hydrogens (tertiary/aromatic N) is 4. The molecular weight excluding hydrogens is 709 g/mol. The highest BCUT2D eigenvalue weighted by molar-refractivity contribution is 6.09. The fourth-order valence-electron chi connectivity index (χ4n) is 7.82. The van der Waals surface area contributed by atoms with Crippen LogP contribution in [0.25, 0.3) is 49.9 Å². The van der Waals surface area contributed by atoms with E-state index in [2.05, 4.69) is 47.7 Å². The Hall–Kier alpha value is -7.11. The minimum atomic E-state index is -2.46. The first-order chi connectivity index (χ1) is 33.2. The standard InChI is InChI=1S/C53H44N4O/c1-36-29-30-54-51(31-36)57-47-24-9-8-21-45(47)46-28-27-42(34-50(46)57)58-41-20-13-19-40(33-41)55-35-56(49-26-11-10-25-48(49)55)52-43(37-15-6-5-7-16-37)22-14-23-44(52)38-17-12-18-39(32-38)53(2,3)4/h5-34H,35H2,1-4H3/i1D3,5D,6D,7D,8D,9D,15D,16D,21D,24D. The van der Waals surface area contributed by atoms with E-state index < -0.39 is 37.1 Å². The summed E-state index contributed by atoms with van der Waals surface area (Å²) in [6.07, 6.45) is 1.36. The summed E-state index contributed by atoms with van der Waals surface area (Å²) < 4.78 is 111. The van der Waals surface area contributed by atoms with Crippen LogP contribution in [0.2, 0.25) is 0 Å². The van der Waals surface area contributed by atoms with Crippen molar-refractivity contribution >= 4 is 44.6 Å². The van der Waals surface area contributed by atoms with Crippen molar-refractivity contribution in [2.45, 2.75) is 33.0 Å². The quantitative estimate of drug-likeness (QED) is 0.162. The van der Waals surface area contributed by atoms with Gasteiger partial charge >= 0.3 is 0 Å². The molecule has 1 aliphatic heterocycles. The SMILES string of the molecule is [2H]c1c([2H])c([2H])c(-c2cccc(-c3cccc(C(C)(C)C)c3)c2N2CN(c3cccc(Oc4ccc5c6c([2H])c([2H])c([2H])c([2H])c6n(-c6cc(C([2H])([2H])[2H])ccn6)c5c4)c3)c3ccccc32)c([2H])c1[2H]. The van der Waals surface area contributed by atoms with Crippen LogP contribution >= 0.6 is 0 Å². The molecule has 0 amide bonds. The molecule has 5 heteroatoms. The lowest BCUT2D eigenvalue weighted by Crippen LogP contribution is -2.25. The fraction of sp³-hybridized carbons (Fsp3) is 0.113. The highest BCUT2D eigenvalue weighted by atomic mass is 16.5. The maximum absolute atomic E-state index is 9.09. The van der Waals surface area contributed by atoms with Gasteiger partial charge in [0.05, 0.1) is 40.4 Å². The number of hydrogen-bond donors (Lipinski definition) is 0. The second-order valence-corrected chi connectivity index (χ2v) is 15.3. The number of rotatable bonds is 7. The molecule has 0 bridgehead atoms. The predicted molar refractivity (Wildman–Crippen MR) is 241 cm³/mol. The van der Waals surface area contributed by atoms with Gasteiger partial charge in [-0.2, -0.15) is 0 Å². The van der Waals surface area contributed by atoms with E-state index in [4.69, 9.17) is 21.2 Å². The third-order valence-electron chi connectivity index (χ3n) is 10.6. The number of anilines is 4. The van der Waals surface area contributed by atoms with Crippen molar-refractivity contribution in [3.8, 4) is 39.6 Å². The molecule has 0 spiro atoms. The van der Waals surface area contributed by atoms with Crippen molar-refractivity contribution in [2.24, 2.45) is 0 Å². The summed E-state index contributed by atoms with van der Waals surface area (Å²) in [6, 6.07) is 34.0. The molecule has 282 valence electrons. The number of ether oxygens (including phenoxy) is 1. The van der Waals surface area contributed by atoms with Crippen molar-refractivity contribution in [2.75, 3.05) is 16.5 Å². The Bertz CT molecular complexity index is 3590. The molecule has 5 nitrogen and oxygen atoms in total. The average molecular weight is 765 g/mol. The molecular formula is C53H44N4O. The van der Waals surface area contributed by atoms with Gasteiger partial charge in [-0.25, -0.2) is 4.98 Å². The Morgan fingerprint density at radius 3 is 2.19 bits per heavy atom. The van der Waals surface area contributed by atoms with E-state index in [0.717, 1.165) is 33.8 Å². The first kappa shape index (κ1) is 24.5. The topological polar surface area (TPSA) is 33.5 Å². The Morgan fingerprint density at radius 2 is 1.36 bits per heavy atom. The van der Waals surface area contributed by atoms with Crippen molar-refractivity contribution in [1.82, 2.24) is 9.55 Å². The van der Waals surface area contributed by atoms with Crippen molar-refractivity contribution < 1.29 is 21.2 Å². The van der Waals surface area contributed by atoms with E-state index >= 15 is 0 Å². The Morgan fingerprint density at radius 1 is 0.621 bits per heavy atom. The summed E-state index contributed by atoms with van der Waals surface area (Å²) in [6.45, 7) is 4.24. The second-order valence-electron chi connectivity index (χ2n) is 15.3. The van der Waals surface area contributed by atoms with Gasteiger partial charge in [-0.15, -0.1) is 0 Å². The maximum Gasteiger partial charge on any atom is 0.137 e. The lowest BCUT2D eigenvalue weighted by Gasteiger charge is -2.28. The lowest BCUT2D eigenvalue weighted by atomic mass is 9.85. The molecule has 58 heavy (non-hydrogen) atoms. The molecule has 2 aromatic heterocycles. The van der Waals surface area contributed by atoms with Gasteiger partial charge in [-0.3, -0.25) is 4.57 Å². The largest absolute Gasteiger partial charge is 0.457 e. The van der Waals surface area contributed by atoms with Gasteiger partial charge in [0.1, 0.15) is 24.0 Å². The molecule has 0 saturated carbocycles. The molecule has 0 aliphatic carbocycles. The van der Waals surface area contributed by atoms with Gasteiger partial charge in [-0.1, -0.05) is 130 Å². The smallest absolute Gasteiger partial charge is 0.137 e. The first-order valence-corrected chi connectivity index (χ1v) is 19.0. The molecule has 0 unspecified atom stereocenters. The molecule has 0 N–H and O–H groups in total. The number of benzene rings is 7. The minimum Gasteiger partial charge on any atom is -0.457 e. The average Bonchev–Trinajstić information content (AvgIpc) is 3.90. The second kappa shape index (κ2) is 14.1. The van der Waals surface area contributed by atoms with E-state index in [0.29, 0.717) is 33.7 Å². The molecule has 10 rings (SSSR count). The number of fused-ring (bicyclic) bond motifs is 4. The van der Waals surface area contributed by atoms with Crippen LogP contribution in [0.4, 0.5) is 22.7 Å². The Kier molecular flexibility index (Phi) is 5.97. The number of para-hydroxylation sites is 4. The molecule has 1 aliphatic rings. The molecule has 9 aromatic rings. The van der Waals surface area contributed by atoms with Crippen LogP contribution in [-0.2, 0) is 5.41 Å². The van der Waals surface area contributed by atoms with Crippen LogP contribution in [0.1, 0.15) is 48.3 Å². The monoisotopic (exact) mass is 764 g/mol. The highest BCUT2D eigenvalue weighted by Gasteiger charge is 2.31. The van der Waals surface area contributed by atoms with E-state index in [1.54, 1.807) is 28.8 Å². The normalized spacial score (nSPS) is 15.8. The summed E-state index contributed by atoms with van der Waals surface area (Å²) in [5.74, 6) is 0.990.